The van der Waals surface area contributed by atoms with Crippen LogP contribution in [0.5, 0.6) is 0 Å². The number of carbonyl (C=O) groups excluding carboxylic acids is 1. The Morgan fingerprint density at radius 3 is 3.06 bits per heavy atom. The maximum atomic E-state index is 11.7. The fraction of sp³-hybridized carbons (Fsp3) is 0.667. The van der Waals surface area contributed by atoms with Gasteiger partial charge in [-0.25, -0.2) is 0 Å². The first kappa shape index (κ1) is 11.1. The number of nitrogens with one attached hydrogen (secondary N) is 1. The van der Waals surface area contributed by atoms with Crippen LogP contribution in [0.2, 0.25) is 0 Å². The maximum Gasteiger partial charge on any atom is 0.242 e. The van der Waals surface area contributed by atoms with E-state index in [1.807, 2.05) is 4.90 Å². The summed E-state index contributed by atoms with van der Waals surface area (Å²) in [4.78, 5) is 17.9. The summed E-state index contributed by atoms with van der Waals surface area (Å²) in [7, 11) is 1.66. The number of carbonyl (C=O) groups is 1. The third-order valence-corrected chi connectivity index (χ3v) is 3.50. The van der Waals surface area contributed by atoms with Gasteiger partial charge in [0.2, 0.25) is 17.0 Å². The van der Waals surface area contributed by atoms with Crippen LogP contribution in [0, 0.1) is 0 Å². The van der Waals surface area contributed by atoms with E-state index in [4.69, 9.17) is 5.73 Å². The van der Waals surface area contributed by atoms with Crippen molar-refractivity contribution >= 4 is 28.5 Å². The Morgan fingerprint density at radius 2 is 2.44 bits per heavy atom. The summed E-state index contributed by atoms with van der Waals surface area (Å²) in [6, 6.07) is -0.133. The van der Waals surface area contributed by atoms with E-state index in [1.165, 1.54) is 11.5 Å². The van der Waals surface area contributed by atoms with Gasteiger partial charge < -0.3 is 16.0 Å². The van der Waals surface area contributed by atoms with E-state index in [0.29, 0.717) is 0 Å². The smallest absolute Gasteiger partial charge is 0.242 e. The molecule has 6 nitrogen and oxygen atoms in total. The summed E-state index contributed by atoms with van der Waals surface area (Å²) in [6.45, 7) is 0.840. The summed E-state index contributed by atoms with van der Waals surface area (Å²) in [5, 5.41) is 3.43. The van der Waals surface area contributed by atoms with E-state index in [1.54, 1.807) is 7.05 Å². The number of piperidine rings is 1. The molecular weight excluding hydrogens is 226 g/mol. The fourth-order valence-corrected chi connectivity index (χ4v) is 2.62. The zero-order valence-electron chi connectivity index (χ0n) is 9.14. The number of amides is 1. The second-order valence-corrected chi connectivity index (χ2v) is 4.48. The number of nitrogens with two attached hydrogens (primary N) is 1. The van der Waals surface area contributed by atoms with Crippen molar-refractivity contribution in [1.29, 1.82) is 0 Å². The van der Waals surface area contributed by atoms with Crippen LogP contribution >= 0.6 is 11.5 Å². The zero-order valence-corrected chi connectivity index (χ0v) is 9.96. The Bertz CT molecular complexity index is 380. The lowest BCUT2D eigenvalue weighted by molar-refractivity contribution is -0.122. The minimum absolute atomic E-state index is 0.0356. The molecule has 16 heavy (non-hydrogen) atoms. The SMILES string of the molecule is CNC(=O)C1CCCCN1c1nc(N)ns1. The molecular formula is C9H15N5OS. The first-order chi connectivity index (χ1) is 7.72. The lowest BCUT2D eigenvalue weighted by Gasteiger charge is -2.33. The Hall–Kier alpha value is -1.37. The van der Waals surface area contributed by atoms with Crippen molar-refractivity contribution in [2.75, 3.05) is 24.2 Å². The van der Waals surface area contributed by atoms with Crippen LogP contribution < -0.4 is 16.0 Å². The molecule has 1 unspecified atom stereocenters. The fourth-order valence-electron chi connectivity index (χ4n) is 1.94. The molecule has 1 amide bonds. The quantitative estimate of drug-likeness (QED) is 0.774. The summed E-state index contributed by atoms with van der Waals surface area (Å²) in [6.07, 6.45) is 3.01. The standard InChI is InChI=1S/C9H15N5OS/c1-11-7(15)6-4-2-3-5-14(6)9-12-8(10)13-16-9/h6H,2-5H2,1H3,(H2,10,13)(H,11,15). The molecule has 1 saturated heterocycles. The molecule has 0 aliphatic carbocycles. The van der Waals surface area contributed by atoms with Crippen molar-refractivity contribution < 1.29 is 4.79 Å². The van der Waals surface area contributed by atoms with Crippen molar-refractivity contribution in [2.45, 2.75) is 25.3 Å². The summed E-state index contributed by atoms with van der Waals surface area (Å²) in [5.74, 6) is 0.315. The molecule has 1 aromatic rings. The molecule has 88 valence electrons. The van der Waals surface area contributed by atoms with Crippen LogP contribution in [0.15, 0.2) is 0 Å². The normalized spacial score (nSPS) is 20.8. The van der Waals surface area contributed by atoms with Crippen LogP contribution in [-0.4, -0.2) is 34.9 Å². The van der Waals surface area contributed by atoms with Gasteiger partial charge in [-0.15, -0.1) is 0 Å². The highest BCUT2D eigenvalue weighted by Crippen LogP contribution is 2.26. The molecule has 1 aromatic heterocycles. The average Bonchev–Trinajstić information content (AvgIpc) is 2.75. The first-order valence-electron chi connectivity index (χ1n) is 5.30. The molecule has 0 saturated carbocycles. The van der Waals surface area contributed by atoms with Gasteiger partial charge >= 0.3 is 0 Å². The minimum atomic E-state index is -0.133. The number of nitrogen functional groups attached to an aromatic ring is 1. The number of likely N-dealkylation sites (N-methyl/N-ethyl adjacent to an activating group) is 1. The number of anilines is 2. The summed E-state index contributed by atoms with van der Waals surface area (Å²) in [5.41, 5.74) is 5.50. The molecule has 2 heterocycles. The van der Waals surface area contributed by atoms with Gasteiger partial charge in [-0.2, -0.15) is 9.36 Å². The molecule has 0 bridgehead atoms. The largest absolute Gasteiger partial charge is 0.367 e. The third-order valence-electron chi connectivity index (χ3n) is 2.73. The lowest BCUT2D eigenvalue weighted by Crippen LogP contribution is -2.48. The number of aromatic nitrogens is 2. The van der Waals surface area contributed by atoms with E-state index in [0.717, 1.165) is 30.9 Å². The molecule has 1 aliphatic heterocycles. The van der Waals surface area contributed by atoms with Gasteiger partial charge in [-0.1, -0.05) is 0 Å². The summed E-state index contributed by atoms with van der Waals surface area (Å²) >= 11 is 1.25. The molecule has 1 aliphatic rings. The van der Waals surface area contributed by atoms with Crippen LogP contribution in [0.3, 0.4) is 0 Å². The van der Waals surface area contributed by atoms with Gasteiger partial charge in [-0.05, 0) is 19.3 Å². The number of hydrogen-bond acceptors (Lipinski definition) is 6. The van der Waals surface area contributed by atoms with E-state index in [-0.39, 0.29) is 17.9 Å². The van der Waals surface area contributed by atoms with E-state index in [9.17, 15) is 4.79 Å². The topological polar surface area (TPSA) is 84.1 Å². The number of nitrogens with zero attached hydrogens (tertiary/aromatic N) is 3. The summed E-state index contributed by atoms with van der Waals surface area (Å²) < 4.78 is 3.95. The van der Waals surface area contributed by atoms with E-state index in [2.05, 4.69) is 14.7 Å². The predicted octanol–water partition coefficient (Wildman–Crippen LogP) is 0.225. The van der Waals surface area contributed by atoms with Gasteiger partial charge in [0.1, 0.15) is 6.04 Å². The number of rotatable bonds is 2. The highest BCUT2D eigenvalue weighted by atomic mass is 32.1. The Labute approximate surface area is 98.0 Å². The van der Waals surface area contributed by atoms with Crippen LogP contribution in [0.1, 0.15) is 19.3 Å². The van der Waals surface area contributed by atoms with Gasteiger partial charge in [0, 0.05) is 25.1 Å². The predicted molar refractivity (Wildman–Crippen MR) is 63.4 cm³/mol. The molecule has 0 aromatic carbocycles. The first-order valence-corrected chi connectivity index (χ1v) is 6.07. The molecule has 0 spiro atoms. The van der Waals surface area contributed by atoms with Gasteiger partial charge in [0.25, 0.3) is 0 Å². The van der Waals surface area contributed by atoms with Crippen molar-refractivity contribution in [2.24, 2.45) is 0 Å². The molecule has 2 rings (SSSR count). The Kier molecular flexibility index (Phi) is 3.23. The average molecular weight is 241 g/mol. The van der Waals surface area contributed by atoms with Gasteiger partial charge in [-0.3, -0.25) is 4.79 Å². The van der Waals surface area contributed by atoms with Crippen LogP contribution in [-0.2, 0) is 4.79 Å². The molecule has 3 N–H and O–H groups in total. The third kappa shape index (κ3) is 2.08. The van der Waals surface area contributed by atoms with Crippen molar-refractivity contribution in [1.82, 2.24) is 14.7 Å². The van der Waals surface area contributed by atoms with Crippen LogP contribution in [0.25, 0.3) is 0 Å². The monoisotopic (exact) mass is 241 g/mol. The Balaban J connectivity index is 2.19. The van der Waals surface area contributed by atoms with Crippen molar-refractivity contribution in [3.8, 4) is 0 Å². The van der Waals surface area contributed by atoms with Crippen molar-refractivity contribution in [3.63, 3.8) is 0 Å². The Morgan fingerprint density at radius 1 is 1.62 bits per heavy atom. The highest BCUT2D eigenvalue weighted by Gasteiger charge is 2.30. The highest BCUT2D eigenvalue weighted by molar-refractivity contribution is 7.09. The zero-order chi connectivity index (χ0) is 11.5. The number of hydrogen-bond donors (Lipinski definition) is 2. The van der Waals surface area contributed by atoms with E-state index < -0.39 is 0 Å². The second-order valence-electron chi connectivity index (χ2n) is 3.75. The van der Waals surface area contributed by atoms with Crippen molar-refractivity contribution in [3.05, 3.63) is 0 Å². The maximum absolute atomic E-state index is 11.7. The molecule has 0 radical (unpaired) electrons. The molecule has 1 fully saturated rings. The van der Waals surface area contributed by atoms with Gasteiger partial charge in [0.05, 0.1) is 0 Å². The molecule has 7 heteroatoms. The second kappa shape index (κ2) is 4.65. The lowest BCUT2D eigenvalue weighted by atomic mass is 10.0. The van der Waals surface area contributed by atoms with E-state index >= 15 is 0 Å². The minimum Gasteiger partial charge on any atom is -0.367 e. The van der Waals surface area contributed by atoms with Gasteiger partial charge in [0.15, 0.2) is 0 Å². The van der Waals surface area contributed by atoms with Crippen LogP contribution in [0.4, 0.5) is 11.1 Å². The molecule has 1 atom stereocenters.